The Kier molecular flexibility index (Phi) is 8.03. The molecular formula is C19H23Cl2N5O9P2. The van der Waals surface area contributed by atoms with Gasteiger partial charge in [0.2, 0.25) is 5.28 Å². The maximum absolute atomic E-state index is 12.0. The number of hydrogen-bond acceptors (Lipinski definition) is 10. The smallest absolute Gasteiger partial charge is 0.340 e. The fourth-order valence-electron chi connectivity index (χ4n) is 3.76. The van der Waals surface area contributed by atoms with E-state index in [0.717, 1.165) is 10.2 Å². The minimum absolute atomic E-state index is 0.145. The van der Waals surface area contributed by atoms with Gasteiger partial charge < -0.3 is 39.5 Å². The van der Waals surface area contributed by atoms with Crippen LogP contribution in [0.15, 0.2) is 30.5 Å². The van der Waals surface area contributed by atoms with Gasteiger partial charge in [-0.3, -0.25) is 9.13 Å². The monoisotopic (exact) mass is 597 g/mol. The Hall–Kier alpha value is -1.67. The molecule has 1 aliphatic heterocycles. The molecule has 0 aliphatic carbocycles. The highest BCUT2D eigenvalue weighted by atomic mass is 35.5. The maximum atomic E-state index is 12.0. The van der Waals surface area contributed by atoms with Crippen molar-refractivity contribution in [3.05, 3.63) is 46.3 Å². The number of hydrogen-bond donors (Lipinski definition) is 6. The lowest BCUT2D eigenvalue weighted by molar-refractivity contribution is -0.0776. The molecule has 202 valence electrons. The summed E-state index contributed by atoms with van der Waals surface area (Å²) in [5, 5.41) is 29.8. The maximum Gasteiger partial charge on any atom is 0.340 e. The molecule has 14 nitrogen and oxygen atoms in total. The van der Waals surface area contributed by atoms with Crippen LogP contribution in [0.3, 0.4) is 0 Å². The van der Waals surface area contributed by atoms with Crippen molar-refractivity contribution in [3.63, 3.8) is 0 Å². The van der Waals surface area contributed by atoms with Gasteiger partial charge in [0.15, 0.2) is 17.8 Å². The van der Waals surface area contributed by atoms with Crippen molar-refractivity contribution in [2.45, 2.75) is 37.5 Å². The lowest BCUT2D eigenvalue weighted by atomic mass is 9.95. The van der Waals surface area contributed by atoms with Crippen LogP contribution in [0.4, 0.5) is 5.82 Å². The molecule has 0 radical (unpaired) electrons. The van der Waals surface area contributed by atoms with E-state index in [1.165, 1.54) is 13.1 Å². The van der Waals surface area contributed by atoms with E-state index in [2.05, 4.69) is 20.4 Å². The second-order valence-electron chi connectivity index (χ2n) is 8.54. The van der Waals surface area contributed by atoms with E-state index in [-0.39, 0.29) is 10.9 Å². The normalized spacial score (nSPS) is 25.9. The lowest BCUT2D eigenvalue weighted by Crippen LogP contribution is -2.46. The molecule has 5 atom stereocenters. The Bertz CT molecular complexity index is 1400. The van der Waals surface area contributed by atoms with Crippen molar-refractivity contribution >= 4 is 55.2 Å². The van der Waals surface area contributed by atoms with Crippen molar-refractivity contribution in [2.24, 2.45) is 0 Å². The lowest BCUT2D eigenvalue weighted by Gasteiger charge is -2.26. The average Bonchev–Trinajstić information content (AvgIpc) is 3.28. The number of aromatic nitrogens is 4. The number of anilines is 1. The van der Waals surface area contributed by atoms with Gasteiger partial charge in [0.25, 0.3) is 0 Å². The van der Waals surface area contributed by atoms with E-state index >= 15 is 0 Å². The Balaban J connectivity index is 1.57. The van der Waals surface area contributed by atoms with Gasteiger partial charge in [-0.2, -0.15) is 15.1 Å². The molecule has 2 aromatic heterocycles. The van der Waals surface area contributed by atoms with Crippen LogP contribution in [0.2, 0.25) is 10.3 Å². The molecule has 37 heavy (non-hydrogen) atoms. The van der Waals surface area contributed by atoms with Crippen LogP contribution in [-0.2, 0) is 24.9 Å². The van der Waals surface area contributed by atoms with Gasteiger partial charge in [-0.05, 0) is 30.2 Å². The Labute approximate surface area is 219 Å². The largest absolute Gasteiger partial charge is 0.385 e. The molecule has 0 spiro atoms. The van der Waals surface area contributed by atoms with Crippen LogP contribution in [0.5, 0.6) is 0 Å². The summed E-state index contributed by atoms with van der Waals surface area (Å²) in [6, 6.07) is 7.20. The molecule has 3 aromatic rings. The highest BCUT2D eigenvalue weighted by molar-refractivity contribution is 7.70. The predicted molar refractivity (Wildman–Crippen MR) is 132 cm³/mol. The molecule has 3 heterocycles. The first-order valence-electron chi connectivity index (χ1n) is 10.6. The van der Waals surface area contributed by atoms with Crippen LogP contribution >= 0.6 is 38.4 Å². The van der Waals surface area contributed by atoms with E-state index in [0.29, 0.717) is 22.8 Å². The van der Waals surface area contributed by atoms with Gasteiger partial charge in [0.05, 0.1) is 18.2 Å². The van der Waals surface area contributed by atoms with Crippen LogP contribution in [0, 0.1) is 0 Å². The van der Waals surface area contributed by atoms with Gasteiger partial charge in [-0.1, -0.05) is 29.8 Å². The van der Waals surface area contributed by atoms with Crippen molar-refractivity contribution in [1.29, 1.82) is 0 Å². The van der Waals surface area contributed by atoms with Gasteiger partial charge in [0.1, 0.15) is 23.6 Å². The quantitative estimate of drug-likeness (QED) is 0.154. The number of aliphatic hydroxyl groups is 2. The molecule has 0 amide bonds. The van der Waals surface area contributed by atoms with E-state index in [1.54, 1.807) is 12.1 Å². The van der Waals surface area contributed by atoms with Crippen molar-refractivity contribution < 1.29 is 43.3 Å². The summed E-state index contributed by atoms with van der Waals surface area (Å²) in [7, 11) is -9.58. The average molecular weight is 598 g/mol. The first-order chi connectivity index (χ1) is 17.2. The molecule has 6 N–H and O–H groups in total. The van der Waals surface area contributed by atoms with Crippen molar-refractivity contribution in [1.82, 2.24) is 19.7 Å². The summed E-state index contributed by atoms with van der Waals surface area (Å²) in [5.74, 6) is -1.09. The third kappa shape index (κ3) is 6.32. The Morgan fingerprint density at radius 1 is 1.22 bits per heavy atom. The minimum Gasteiger partial charge on any atom is -0.385 e. The number of benzene rings is 1. The highest BCUT2D eigenvalue weighted by Crippen LogP contribution is 2.56. The van der Waals surface area contributed by atoms with E-state index in [9.17, 15) is 24.2 Å². The van der Waals surface area contributed by atoms with Crippen LogP contribution < -0.4 is 5.32 Å². The van der Waals surface area contributed by atoms with Gasteiger partial charge in [0, 0.05) is 11.6 Å². The first-order valence-corrected chi connectivity index (χ1v) is 14.9. The van der Waals surface area contributed by atoms with E-state index in [4.69, 9.17) is 42.2 Å². The van der Waals surface area contributed by atoms with Crippen LogP contribution in [-0.4, -0.2) is 75.0 Å². The zero-order valence-electron chi connectivity index (χ0n) is 19.0. The zero-order chi connectivity index (χ0) is 27.2. The van der Waals surface area contributed by atoms with E-state index < -0.39 is 51.7 Å². The third-order valence-corrected chi connectivity index (χ3v) is 9.68. The molecule has 1 aromatic carbocycles. The molecule has 1 aliphatic rings. The molecule has 1 fully saturated rings. The van der Waals surface area contributed by atoms with Crippen molar-refractivity contribution in [2.75, 3.05) is 17.8 Å². The Morgan fingerprint density at radius 2 is 1.92 bits per heavy atom. The second-order valence-corrected chi connectivity index (χ2v) is 13.3. The molecular weight excluding hydrogens is 575 g/mol. The SMILES string of the molecule is C[C@@]1(O)[C@@H](COP(=O)(O)CP(=O)(O)O)O[C@@H](n2ncc3c(NCc4ccccc4Cl)nc(Cl)nc32)[C@@H]1O. The molecule has 0 bridgehead atoms. The summed E-state index contributed by atoms with van der Waals surface area (Å²) >= 11 is 12.3. The topological polar surface area (TPSA) is 209 Å². The van der Waals surface area contributed by atoms with Crippen LogP contribution in [0.1, 0.15) is 18.7 Å². The van der Waals surface area contributed by atoms with Crippen LogP contribution in [0.25, 0.3) is 11.0 Å². The fraction of sp³-hybridized carbons (Fsp3) is 0.421. The molecule has 4 rings (SSSR count). The zero-order valence-corrected chi connectivity index (χ0v) is 22.3. The number of rotatable bonds is 9. The molecule has 1 saturated heterocycles. The van der Waals surface area contributed by atoms with E-state index in [1.807, 2.05) is 12.1 Å². The molecule has 18 heteroatoms. The third-order valence-electron chi connectivity index (χ3n) is 5.69. The molecule has 1 unspecified atom stereocenters. The fourth-order valence-corrected chi connectivity index (χ4v) is 6.68. The number of nitrogens with one attached hydrogen (secondary N) is 1. The van der Waals surface area contributed by atoms with Crippen molar-refractivity contribution in [3.8, 4) is 0 Å². The number of aliphatic hydroxyl groups excluding tert-OH is 1. The second kappa shape index (κ2) is 10.5. The summed E-state index contributed by atoms with van der Waals surface area (Å²) < 4.78 is 34.7. The standard InChI is InChI=1S/C19H23Cl2N5O9P2/c1-19(28)13(8-34-37(32,33)9-36(29,30)31)35-17(14(19)27)26-16-11(7-23-26)15(24-18(21)25-16)22-6-10-4-2-3-5-12(10)20/h2-5,7,13-14,17,27-28H,6,8-9H2,1H3,(H,32,33)(H,22,24,25)(H2,29,30,31)/t13-,14+,17-,19-/m1/s1. The summed E-state index contributed by atoms with van der Waals surface area (Å²) in [5.41, 5.74) is -1.06. The summed E-state index contributed by atoms with van der Waals surface area (Å²) in [4.78, 5) is 36.0. The minimum atomic E-state index is -4.85. The predicted octanol–water partition coefficient (Wildman–Crippen LogP) is 2.09. The number of halogens is 2. The number of ether oxygens (including phenoxy) is 1. The van der Waals surface area contributed by atoms with Gasteiger partial charge in [-0.15, -0.1) is 0 Å². The molecule has 0 saturated carbocycles. The van der Waals surface area contributed by atoms with Gasteiger partial charge in [-0.25, -0.2) is 4.68 Å². The summed E-state index contributed by atoms with van der Waals surface area (Å²) in [6.45, 7) is 0.759. The summed E-state index contributed by atoms with van der Waals surface area (Å²) in [6.07, 6.45) is -2.92. The highest BCUT2D eigenvalue weighted by Gasteiger charge is 2.54. The first kappa shape index (κ1) is 28.3. The van der Waals surface area contributed by atoms with Gasteiger partial charge >= 0.3 is 15.2 Å². The number of nitrogens with zero attached hydrogens (tertiary/aromatic N) is 4. The number of fused-ring (bicyclic) bond motifs is 1. The Morgan fingerprint density at radius 3 is 2.59 bits per heavy atom.